The summed E-state index contributed by atoms with van der Waals surface area (Å²) in [5.74, 6) is -0.849. The van der Waals surface area contributed by atoms with Gasteiger partial charge in [0.25, 0.3) is 0 Å². The van der Waals surface area contributed by atoms with Crippen LogP contribution < -0.4 is 10.6 Å². The number of ether oxygens (including phenoxy) is 2. The second-order valence-electron chi connectivity index (χ2n) is 6.91. The van der Waals surface area contributed by atoms with Crippen molar-refractivity contribution in [2.45, 2.75) is 38.0 Å². The van der Waals surface area contributed by atoms with Gasteiger partial charge in [-0.3, -0.25) is 0 Å². The van der Waals surface area contributed by atoms with Crippen LogP contribution in [0, 0.1) is 0 Å². The fraction of sp³-hybridized carbons (Fsp3) is 0.350. The molecule has 0 unspecified atom stereocenters. The molecule has 1 aliphatic heterocycles. The Balaban J connectivity index is 1.76. The Morgan fingerprint density at radius 2 is 1.71 bits per heavy atom. The number of alkyl halides is 3. The fourth-order valence-corrected chi connectivity index (χ4v) is 3.03. The molecule has 1 aliphatic rings. The number of halogens is 3. The van der Waals surface area contributed by atoms with Gasteiger partial charge in [0, 0.05) is 0 Å². The highest BCUT2D eigenvalue weighted by molar-refractivity contribution is 5.90. The van der Waals surface area contributed by atoms with E-state index in [2.05, 4.69) is 10.6 Å². The first-order chi connectivity index (χ1) is 13.2. The minimum Gasteiger partial charge on any atom is -0.348 e. The number of benzene rings is 2. The van der Waals surface area contributed by atoms with E-state index >= 15 is 0 Å². The van der Waals surface area contributed by atoms with Crippen LogP contribution in [-0.4, -0.2) is 24.5 Å². The molecule has 1 heterocycles. The summed E-state index contributed by atoms with van der Waals surface area (Å²) in [6.07, 6.45) is -5.08. The Labute approximate surface area is 160 Å². The Bertz CT molecular complexity index is 825. The van der Waals surface area contributed by atoms with E-state index < -0.39 is 35.7 Å². The summed E-state index contributed by atoms with van der Waals surface area (Å²) in [6.45, 7) is 3.68. The molecule has 0 bridgehead atoms. The van der Waals surface area contributed by atoms with Gasteiger partial charge in [-0.25, -0.2) is 4.79 Å². The number of rotatable bonds is 3. The zero-order valence-electron chi connectivity index (χ0n) is 15.4. The third-order valence-corrected chi connectivity index (χ3v) is 4.31. The van der Waals surface area contributed by atoms with Gasteiger partial charge in [-0.2, -0.15) is 13.2 Å². The molecule has 2 N–H and O–H groups in total. The van der Waals surface area contributed by atoms with Gasteiger partial charge in [0.05, 0.1) is 23.9 Å². The maximum absolute atomic E-state index is 13.1. The standard InChI is InChI=1S/C20H21F3N2O3/c1-19(2)27-12-16(17(28-19)13-8-4-3-5-9-13)25-18(26)24-15-11-7-6-10-14(15)20(21,22)23/h3-11,16-17H,12H2,1-2H3,(H2,24,25,26)/t16-,17-/m0/s1. The van der Waals surface area contributed by atoms with Crippen molar-refractivity contribution in [2.24, 2.45) is 0 Å². The number of nitrogens with one attached hydrogen (secondary N) is 2. The van der Waals surface area contributed by atoms with Gasteiger partial charge in [-0.1, -0.05) is 42.5 Å². The zero-order chi connectivity index (χ0) is 20.4. The Morgan fingerprint density at radius 3 is 2.39 bits per heavy atom. The average molecular weight is 394 g/mol. The lowest BCUT2D eigenvalue weighted by molar-refractivity contribution is -0.284. The topological polar surface area (TPSA) is 59.6 Å². The van der Waals surface area contributed by atoms with E-state index in [1.54, 1.807) is 13.8 Å². The van der Waals surface area contributed by atoms with Crippen LogP contribution in [0.3, 0.4) is 0 Å². The second kappa shape index (κ2) is 7.81. The Kier molecular flexibility index (Phi) is 5.62. The normalized spacial score (nSPS) is 21.8. The molecular weight excluding hydrogens is 373 g/mol. The molecule has 1 saturated heterocycles. The molecule has 3 rings (SSSR count). The number of carbonyl (C=O) groups excluding carboxylic acids is 1. The van der Waals surface area contributed by atoms with Crippen molar-refractivity contribution in [3.8, 4) is 0 Å². The summed E-state index contributed by atoms with van der Waals surface area (Å²) < 4.78 is 50.9. The SMILES string of the molecule is CC1(C)OC[C@H](NC(=O)Nc2ccccc2C(F)(F)F)[C@H](c2ccccc2)O1. The van der Waals surface area contributed by atoms with Crippen LogP contribution in [0.25, 0.3) is 0 Å². The highest BCUT2D eigenvalue weighted by Crippen LogP contribution is 2.35. The molecule has 150 valence electrons. The fourth-order valence-electron chi connectivity index (χ4n) is 3.03. The molecule has 0 aliphatic carbocycles. The third kappa shape index (κ3) is 4.82. The summed E-state index contributed by atoms with van der Waals surface area (Å²) in [5.41, 5.74) is -0.399. The molecule has 0 spiro atoms. The van der Waals surface area contributed by atoms with E-state index in [-0.39, 0.29) is 12.3 Å². The maximum Gasteiger partial charge on any atom is 0.418 e. The molecule has 2 aromatic carbocycles. The largest absolute Gasteiger partial charge is 0.418 e. The number of carbonyl (C=O) groups is 1. The predicted octanol–water partition coefficient (Wildman–Crippen LogP) is 4.72. The lowest BCUT2D eigenvalue weighted by Crippen LogP contribution is -2.52. The second-order valence-corrected chi connectivity index (χ2v) is 6.91. The zero-order valence-corrected chi connectivity index (χ0v) is 15.4. The van der Waals surface area contributed by atoms with E-state index in [1.165, 1.54) is 18.2 Å². The van der Waals surface area contributed by atoms with Gasteiger partial charge in [-0.15, -0.1) is 0 Å². The predicted molar refractivity (Wildman–Crippen MR) is 97.7 cm³/mol. The van der Waals surface area contributed by atoms with Crippen molar-refractivity contribution in [3.63, 3.8) is 0 Å². The van der Waals surface area contributed by atoms with E-state index in [4.69, 9.17) is 9.47 Å². The summed E-state index contributed by atoms with van der Waals surface area (Å²) in [5, 5.41) is 4.94. The van der Waals surface area contributed by atoms with Crippen LogP contribution >= 0.6 is 0 Å². The quantitative estimate of drug-likeness (QED) is 0.792. The van der Waals surface area contributed by atoms with Crippen LogP contribution in [-0.2, 0) is 15.7 Å². The number of anilines is 1. The molecule has 5 nitrogen and oxygen atoms in total. The molecule has 2 aromatic rings. The van der Waals surface area contributed by atoms with Gasteiger partial charge in [0.2, 0.25) is 0 Å². The number of hydrogen-bond acceptors (Lipinski definition) is 3. The first kappa shape index (κ1) is 20.2. The van der Waals surface area contributed by atoms with Crippen molar-refractivity contribution >= 4 is 11.7 Å². The van der Waals surface area contributed by atoms with Crippen LogP contribution in [0.5, 0.6) is 0 Å². The van der Waals surface area contributed by atoms with Gasteiger partial charge in [-0.05, 0) is 31.5 Å². The van der Waals surface area contributed by atoms with Crippen molar-refractivity contribution in [3.05, 3.63) is 65.7 Å². The number of hydrogen-bond donors (Lipinski definition) is 2. The molecule has 1 fully saturated rings. The van der Waals surface area contributed by atoms with Gasteiger partial charge < -0.3 is 20.1 Å². The number of amides is 2. The summed E-state index contributed by atoms with van der Waals surface area (Å²) >= 11 is 0. The van der Waals surface area contributed by atoms with E-state index in [0.29, 0.717) is 0 Å². The minimum atomic E-state index is -4.57. The number of para-hydroxylation sites is 1. The molecule has 2 atom stereocenters. The summed E-state index contributed by atoms with van der Waals surface area (Å²) in [6, 6.07) is 12.7. The molecule has 2 amide bonds. The summed E-state index contributed by atoms with van der Waals surface area (Å²) in [4.78, 5) is 12.4. The van der Waals surface area contributed by atoms with Crippen LogP contribution in [0.15, 0.2) is 54.6 Å². The molecule has 0 radical (unpaired) electrons. The molecule has 0 aromatic heterocycles. The molecule has 28 heavy (non-hydrogen) atoms. The highest BCUT2D eigenvalue weighted by Gasteiger charge is 2.38. The third-order valence-electron chi connectivity index (χ3n) is 4.31. The smallest absolute Gasteiger partial charge is 0.348 e. The first-order valence-electron chi connectivity index (χ1n) is 8.76. The van der Waals surface area contributed by atoms with Crippen molar-refractivity contribution in [1.82, 2.24) is 5.32 Å². The van der Waals surface area contributed by atoms with Crippen LogP contribution in [0.1, 0.15) is 31.1 Å². The van der Waals surface area contributed by atoms with E-state index in [1.807, 2.05) is 30.3 Å². The van der Waals surface area contributed by atoms with E-state index in [0.717, 1.165) is 11.6 Å². The van der Waals surface area contributed by atoms with Crippen molar-refractivity contribution in [1.29, 1.82) is 0 Å². The molecular formula is C20H21F3N2O3. The lowest BCUT2D eigenvalue weighted by Gasteiger charge is -2.41. The molecule has 8 heteroatoms. The van der Waals surface area contributed by atoms with Crippen molar-refractivity contribution in [2.75, 3.05) is 11.9 Å². The monoisotopic (exact) mass is 394 g/mol. The van der Waals surface area contributed by atoms with Crippen molar-refractivity contribution < 1.29 is 27.4 Å². The number of urea groups is 1. The summed E-state index contributed by atoms with van der Waals surface area (Å²) in [7, 11) is 0. The van der Waals surface area contributed by atoms with E-state index in [9.17, 15) is 18.0 Å². The Morgan fingerprint density at radius 1 is 1.07 bits per heavy atom. The first-order valence-corrected chi connectivity index (χ1v) is 8.76. The lowest BCUT2D eigenvalue weighted by atomic mass is 10.0. The average Bonchev–Trinajstić information content (AvgIpc) is 2.63. The highest BCUT2D eigenvalue weighted by atomic mass is 19.4. The van der Waals surface area contributed by atoms with Crippen LogP contribution in [0.2, 0.25) is 0 Å². The Hall–Kier alpha value is -2.58. The van der Waals surface area contributed by atoms with Crippen LogP contribution in [0.4, 0.5) is 23.7 Å². The van der Waals surface area contributed by atoms with Gasteiger partial charge >= 0.3 is 12.2 Å². The van der Waals surface area contributed by atoms with Gasteiger partial charge in [0.15, 0.2) is 5.79 Å². The minimum absolute atomic E-state index is 0.154. The molecule has 0 saturated carbocycles. The maximum atomic E-state index is 13.1. The van der Waals surface area contributed by atoms with Gasteiger partial charge in [0.1, 0.15) is 6.10 Å².